The van der Waals surface area contributed by atoms with Crippen LogP contribution in [-0.2, 0) is 4.79 Å². The number of hydrogen-bond donors (Lipinski definition) is 2. The topological polar surface area (TPSA) is 49.3 Å². The van der Waals surface area contributed by atoms with E-state index in [-0.39, 0.29) is 7.43 Å². The van der Waals surface area contributed by atoms with E-state index in [1.165, 1.54) is 0 Å². The lowest BCUT2D eigenvalue weighted by Crippen LogP contribution is -2.35. The molecule has 0 aromatic carbocycles. The van der Waals surface area contributed by atoms with Gasteiger partial charge in [-0.05, 0) is 14.5 Å². The minimum Gasteiger partial charge on any atom is -0.480 e. The Kier molecular flexibility index (Phi) is 11.3. The first-order valence-electron chi connectivity index (χ1n) is 2.69. The molecule has 0 aliphatic heterocycles. The van der Waals surface area contributed by atoms with E-state index >= 15 is 0 Å². The Morgan fingerprint density at radius 1 is 1.91 bits per heavy atom. The van der Waals surface area contributed by atoms with Crippen LogP contribution in [0.4, 0.5) is 0 Å². The van der Waals surface area contributed by atoms with E-state index in [2.05, 4.69) is 14.2 Å². The lowest BCUT2D eigenvalue weighted by molar-refractivity contribution is -0.138. The quantitative estimate of drug-likeness (QED) is 0.681. The first kappa shape index (κ1) is 14.2. The number of carbonyl (C=O) groups is 1. The van der Waals surface area contributed by atoms with Crippen LogP contribution in [0.2, 0.25) is 0 Å². The summed E-state index contributed by atoms with van der Waals surface area (Å²) in [5.41, 5.74) is 0. The molecule has 2 N–H and O–H groups in total. The molecule has 0 saturated carbocycles. The summed E-state index contributed by atoms with van der Waals surface area (Å²) in [6.45, 7) is 0. The predicted octanol–water partition coefficient (Wildman–Crippen LogP) is 1.41. The highest BCUT2D eigenvalue weighted by Crippen LogP contribution is 2.36. The molecule has 6 heteroatoms. The minimum absolute atomic E-state index is 0. The largest absolute Gasteiger partial charge is 0.480 e. The lowest BCUT2D eigenvalue weighted by atomic mass is 10.3. The highest BCUT2D eigenvalue weighted by atomic mass is 32.9. The van der Waals surface area contributed by atoms with Gasteiger partial charge in [0.1, 0.15) is 6.04 Å². The molecule has 0 amide bonds. The number of carboxylic acids is 1. The van der Waals surface area contributed by atoms with Gasteiger partial charge in [0, 0.05) is 5.75 Å². The van der Waals surface area contributed by atoms with E-state index in [0.717, 1.165) is 0 Å². The van der Waals surface area contributed by atoms with Gasteiger partial charge >= 0.3 is 5.97 Å². The second-order valence-corrected chi connectivity index (χ2v) is 6.16. The minimum atomic E-state index is -0.779. The number of aliphatic carboxylic acids is 1. The maximum Gasteiger partial charge on any atom is 0.321 e. The van der Waals surface area contributed by atoms with E-state index in [1.807, 2.05) is 0 Å². The molecule has 0 radical (unpaired) electrons. The molecule has 0 fully saturated rings. The molecule has 0 spiro atoms. The van der Waals surface area contributed by atoms with Gasteiger partial charge < -0.3 is 10.4 Å². The van der Waals surface area contributed by atoms with Crippen LogP contribution in [0.5, 0.6) is 0 Å². The van der Waals surface area contributed by atoms with Crippen LogP contribution in [0.3, 0.4) is 0 Å². The maximum atomic E-state index is 10.4. The molecule has 3 nitrogen and oxygen atoms in total. The molecule has 2 unspecified atom stereocenters. The number of rotatable bonds is 5. The molecule has 0 aliphatic rings. The van der Waals surface area contributed by atoms with E-state index in [1.54, 1.807) is 18.4 Å². The molecule has 0 aromatic rings. The highest BCUT2D eigenvalue weighted by molar-refractivity contribution is 8.64. The average Bonchev–Trinajstić information content (AvgIpc) is 1.89. The van der Waals surface area contributed by atoms with Crippen molar-refractivity contribution in [3.05, 3.63) is 0 Å². The van der Waals surface area contributed by atoms with Crippen molar-refractivity contribution in [3.63, 3.8) is 0 Å². The summed E-state index contributed by atoms with van der Waals surface area (Å²) in [5.74, 6) is -0.147. The van der Waals surface area contributed by atoms with Crippen LogP contribution in [0.25, 0.3) is 0 Å². The predicted molar refractivity (Wildman–Crippen MR) is 57.7 cm³/mol. The third-order valence-electron chi connectivity index (χ3n) is 0.980. The molecule has 3 atom stereocenters. The first-order valence-corrected chi connectivity index (χ1v) is 7.21. The monoisotopic (exact) mass is 215 g/mol. The lowest BCUT2D eigenvalue weighted by Gasteiger charge is -2.08. The highest BCUT2D eigenvalue weighted by Gasteiger charge is 2.13. The van der Waals surface area contributed by atoms with Crippen molar-refractivity contribution in [2.24, 2.45) is 0 Å². The van der Waals surface area contributed by atoms with Gasteiger partial charge in [-0.1, -0.05) is 7.43 Å². The number of carboxylic acid groups (broad SMARTS) is 1. The van der Waals surface area contributed by atoms with E-state index < -0.39 is 12.0 Å². The summed E-state index contributed by atoms with van der Waals surface area (Å²) in [6, 6.07) is -0.405. The third kappa shape index (κ3) is 7.02. The van der Waals surface area contributed by atoms with Gasteiger partial charge in [0.25, 0.3) is 0 Å². The van der Waals surface area contributed by atoms with Crippen molar-refractivity contribution in [1.29, 1.82) is 0 Å². The molecule has 0 heterocycles. The van der Waals surface area contributed by atoms with E-state index in [4.69, 9.17) is 5.11 Å². The molecule has 0 aromatic heterocycles. The fourth-order valence-corrected chi connectivity index (χ4v) is 2.64. The van der Waals surface area contributed by atoms with Gasteiger partial charge in [-0.25, -0.2) is 0 Å². The summed E-state index contributed by atoms with van der Waals surface area (Å²) < 4.78 is 0. The standard InChI is InChI=1S/C4H11NO2P2S.CH4/c1-5-3(4(6)7)2-10-9-8;/h3,5,9H,2,8H2,1H3,(H,6,7);1H4/t3-;/m0./s1. The van der Waals surface area contributed by atoms with Crippen LogP contribution < -0.4 is 5.32 Å². The van der Waals surface area contributed by atoms with Gasteiger partial charge in [0.15, 0.2) is 0 Å². The van der Waals surface area contributed by atoms with Crippen molar-refractivity contribution in [2.75, 3.05) is 12.8 Å². The average molecular weight is 215 g/mol. The second kappa shape index (κ2) is 8.73. The van der Waals surface area contributed by atoms with Crippen LogP contribution >= 0.6 is 27.8 Å². The zero-order valence-corrected chi connectivity index (χ0v) is 8.60. The fourth-order valence-electron chi connectivity index (χ4n) is 0.410. The van der Waals surface area contributed by atoms with Crippen LogP contribution in [0.1, 0.15) is 7.43 Å². The summed E-state index contributed by atoms with van der Waals surface area (Å²) in [6.07, 6.45) is 0. The van der Waals surface area contributed by atoms with Crippen molar-refractivity contribution in [2.45, 2.75) is 13.5 Å². The van der Waals surface area contributed by atoms with Gasteiger partial charge in [-0.3, -0.25) is 4.79 Å². The Balaban J connectivity index is 0. The van der Waals surface area contributed by atoms with Crippen LogP contribution in [-0.4, -0.2) is 29.9 Å². The van der Waals surface area contributed by atoms with Crippen molar-refractivity contribution in [3.8, 4) is 0 Å². The Bertz CT molecular complexity index is 115. The molecular weight excluding hydrogens is 200 g/mol. The summed E-state index contributed by atoms with van der Waals surface area (Å²) in [7, 11) is 4.90. The smallest absolute Gasteiger partial charge is 0.321 e. The number of hydrogen-bond acceptors (Lipinski definition) is 3. The number of nitrogens with one attached hydrogen (secondary N) is 1. The van der Waals surface area contributed by atoms with E-state index in [0.29, 0.717) is 13.2 Å². The molecule has 11 heavy (non-hydrogen) atoms. The second-order valence-electron chi connectivity index (χ2n) is 1.61. The molecule has 0 rings (SSSR count). The van der Waals surface area contributed by atoms with Gasteiger partial charge in [-0.2, -0.15) is 0 Å². The van der Waals surface area contributed by atoms with Gasteiger partial charge in [-0.15, -0.1) is 20.3 Å². The normalized spacial score (nSPS) is 12.9. The molecule has 0 saturated heterocycles. The number of likely N-dealkylation sites (N-methyl/N-ethyl adjacent to an activating group) is 1. The Morgan fingerprint density at radius 2 is 2.45 bits per heavy atom. The Hall–Kier alpha value is 0.640. The molecular formula is C5H15NO2P2S. The zero-order chi connectivity index (χ0) is 7.98. The van der Waals surface area contributed by atoms with Crippen molar-refractivity contribution >= 4 is 33.8 Å². The maximum absolute atomic E-state index is 10.4. The molecule has 0 bridgehead atoms. The molecule has 0 aliphatic carbocycles. The Labute approximate surface area is 75.7 Å². The SMILES string of the molecule is C.CN[C@@H](CSPP)C(=O)O. The summed E-state index contributed by atoms with van der Waals surface area (Å²) in [4.78, 5) is 10.4. The zero-order valence-electron chi connectivity index (χ0n) is 5.63. The Morgan fingerprint density at radius 3 is 2.73 bits per heavy atom. The van der Waals surface area contributed by atoms with Gasteiger partial charge in [0.05, 0.1) is 0 Å². The summed E-state index contributed by atoms with van der Waals surface area (Å²) in [5, 5.41) is 11.2. The molecule has 68 valence electrons. The van der Waals surface area contributed by atoms with Crippen molar-refractivity contribution < 1.29 is 9.90 Å². The fraction of sp³-hybridized carbons (Fsp3) is 0.800. The third-order valence-corrected chi connectivity index (χ3v) is 4.15. The van der Waals surface area contributed by atoms with Gasteiger partial charge in [0.2, 0.25) is 0 Å². The van der Waals surface area contributed by atoms with E-state index in [9.17, 15) is 4.79 Å². The van der Waals surface area contributed by atoms with Crippen LogP contribution in [0, 0.1) is 0 Å². The van der Waals surface area contributed by atoms with Crippen molar-refractivity contribution in [1.82, 2.24) is 5.32 Å². The van der Waals surface area contributed by atoms with Crippen LogP contribution in [0.15, 0.2) is 0 Å². The first-order chi connectivity index (χ1) is 4.72. The summed E-state index contributed by atoms with van der Waals surface area (Å²) >= 11 is 1.62.